The van der Waals surface area contributed by atoms with E-state index < -0.39 is 0 Å². The standard InChI is InChI=1S/C19H23ClN6/c1-19(2,3)18-23-16(25-9-4-5-10-25)14-17(24-18)26(12-22-14)11-13-7-6-8-21-15(13)20/h6-8,12H,4-5,9-11H2,1-3H3. The summed E-state index contributed by atoms with van der Waals surface area (Å²) in [5.74, 6) is 1.79. The Morgan fingerprint density at radius 1 is 1.12 bits per heavy atom. The van der Waals surface area contributed by atoms with Gasteiger partial charge in [0, 0.05) is 30.3 Å². The first-order chi connectivity index (χ1) is 12.4. The van der Waals surface area contributed by atoms with Crippen LogP contribution in [0.25, 0.3) is 11.2 Å². The lowest BCUT2D eigenvalue weighted by molar-refractivity contribution is 0.546. The Bertz CT molecular complexity index is 937. The average molecular weight is 371 g/mol. The van der Waals surface area contributed by atoms with Gasteiger partial charge in [0.1, 0.15) is 11.0 Å². The minimum absolute atomic E-state index is 0.135. The summed E-state index contributed by atoms with van der Waals surface area (Å²) >= 11 is 6.25. The fraction of sp³-hybridized carbons (Fsp3) is 0.474. The lowest BCUT2D eigenvalue weighted by Crippen LogP contribution is -2.23. The molecule has 0 spiro atoms. The summed E-state index contributed by atoms with van der Waals surface area (Å²) in [4.78, 5) is 20.9. The van der Waals surface area contributed by atoms with E-state index in [1.807, 2.05) is 23.0 Å². The highest BCUT2D eigenvalue weighted by atomic mass is 35.5. The summed E-state index contributed by atoms with van der Waals surface area (Å²) in [6.45, 7) is 9.05. The molecule has 0 N–H and O–H groups in total. The first-order valence-corrected chi connectivity index (χ1v) is 9.39. The normalized spacial score (nSPS) is 15.2. The van der Waals surface area contributed by atoms with Gasteiger partial charge < -0.3 is 9.47 Å². The Morgan fingerprint density at radius 2 is 1.88 bits per heavy atom. The number of hydrogen-bond acceptors (Lipinski definition) is 5. The molecule has 3 aromatic heterocycles. The van der Waals surface area contributed by atoms with Crippen LogP contribution in [0, 0.1) is 0 Å². The monoisotopic (exact) mass is 370 g/mol. The Kier molecular flexibility index (Phi) is 4.31. The Morgan fingerprint density at radius 3 is 2.58 bits per heavy atom. The van der Waals surface area contributed by atoms with Gasteiger partial charge in [0.2, 0.25) is 0 Å². The predicted molar refractivity (Wildman–Crippen MR) is 104 cm³/mol. The maximum Gasteiger partial charge on any atom is 0.166 e. The molecule has 0 bridgehead atoms. The molecule has 0 aromatic carbocycles. The minimum Gasteiger partial charge on any atom is -0.355 e. The molecule has 4 rings (SSSR count). The van der Waals surface area contributed by atoms with E-state index in [1.165, 1.54) is 12.8 Å². The van der Waals surface area contributed by atoms with Gasteiger partial charge in [-0.1, -0.05) is 38.4 Å². The molecule has 1 fully saturated rings. The lowest BCUT2D eigenvalue weighted by Gasteiger charge is -2.22. The molecule has 0 radical (unpaired) electrons. The van der Waals surface area contributed by atoms with Crippen LogP contribution < -0.4 is 4.90 Å². The van der Waals surface area contributed by atoms with Crippen molar-refractivity contribution in [2.45, 2.75) is 45.6 Å². The molecule has 4 heterocycles. The minimum atomic E-state index is -0.135. The van der Waals surface area contributed by atoms with Crippen molar-refractivity contribution in [1.29, 1.82) is 0 Å². The average Bonchev–Trinajstić information content (AvgIpc) is 3.25. The number of imidazole rings is 1. The highest BCUT2D eigenvalue weighted by Crippen LogP contribution is 2.30. The summed E-state index contributed by atoms with van der Waals surface area (Å²) in [6, 6.07) is 3.87. The number of fused-ring (bicyclic) bond motifs is 1. The van der Waals surface area contributed by atoms with Crippen LogP contribution in [0.3, 0.4) is 0 Å². The number of hydrogen-bond donors (Lipinski definition) is 0. The molecule has 7 heteroatoms. The van der Waals surface area contributed by atoms with Crippen molar-refractivity contribution >= 4 is 28.6 Å². The van der Waals surface area contributed by atoms with Crippen LogP contribution in [0.5, 0.6) is 0 Å². The van der Waals surface area contributed by atoms with Crippen LogP contribution in [0.15, 0.2) is 24.7 Å². The number of anilines is 1. The van der Waals surface area contributed by atoms with E-state index in [9.17, 15) is 0 Å². The highest BCUT2D eigenvalue weighted by Gasteiger charge is 2.25. The smallest absolute Gasteiger partial charge is 0.166 e. The van der Waals surface area contributed by atoms with E-state index in [4.69, 9.17) is 21.6 Å². The van der Waals surface area contributed by atoms with Gasteiger partial charge in [-0.25, -0.2) is 19.9 Å². The molecule has 1 aliphatic heterocycles. The van der Waals surface area contributed by atoms with Crippen molar-refractivity contribution in [1.82, 2.24) is 24.5 Å². The first-order valence-electron chi connectivity index (χ1n) is 9.01. The van der Waals surface area contributed by atoms with E-state index in [0.29, 0.717) is 11.7 Å². The third-order valence-corrected chi connectivity index (χ3v) is 5.04. The summed E-state index contributed by atoms with van der Waals surface area (Å²) < 4.78 is 2.04. The molecular formula is C19H23ClN6. The zero-order valence-electron chi connectivity index (χ0n) is 15.4. The van der Waals surface area contributed by atoms with Crippen LogP contribution in [0.1, 0.15) is 45.0 Å². The second kappa shape index (κ2) is 6.50. The van der Waals surface area contributed by atoms with Crippen LogP contribution in [-0.4, -0.2) is 37.6 Å². The van der Waals surface area contributed by atoms with Crippen molar-refractivity contribution in [3.05, 3.63) is 41.2 Å². The van der Waals surface area contributed by atoms with E-state index >= 15 is 0 Å². The third kappa shape index (κ3) is 3.14. The summed E-state index contributed by atoms with van der Waals surface area (Å²) in [7, 11) is 0. The van der Waals surface area contributed by atoms with E-state index in [-0.39, 0.29) is 5.41 Å². The maximum absolute atomic E-state index is 6.25. The van der Waals surface area contributed by atoms with Gasteiger partial charge in [0.05, 0.1) is 12.9 Å². The molecule has 1 aliphatic rings. The van der Waals surface area contributed by atoms with Gasteiger partial charge in [-0.3, -0.25) is 0 Å². The summed E-state index contributed by atoms with van der Waals surface area (Å²) in [6.07, 6.45) is 5.92. The number of rotatable bonds is 3. The Labute approximate surface area is 158 Å². The fourth-order valence-electron chi connectivity index (χ4n) is 3.25. The van der Waals surface area contributed by atoms with Crippen LogP contribution in [0.2, 0.25) is 5.15 Å². The highest BCUT2D eigenvalue weighted by molar-refractivity contribution is 6.30. The van der Waals surface area contributed by atoms with Gasteiger partial charge in [-0.05, 0) is 18.9 Å². The van der Waals surface area contributed by atoms with E-state index in [2.05, 4.69) is 35.6 Å². The Balaban J connectivity index is 1.85. The second-order valence-electron chi connectivity index (χ2n) is 7.81. The first kappa shape index (κ1) is 17.2. The number of pyridine rings is 1. The molecule has 0 saturated carbocycles. The molecule has 136 valence electrons. The van der Waals surface area contributed by atoms with Crippen LogP contribution in [0.4, 0.5) is 5.82 Å². The van der Waals surface area contributed by atoms with Crippen molar-refractivity contribution in [3.8, 4) is 0 Å². The van der Waals surface area contributed by atoms with Crippen molar-refractivity contribution < 1.29 is 0 Å². The third-order valence-electron chi connectivity index (χ3n) is 4.70. The van der Waals surface area contributed by atoms with Crippen LogP contribution >= 0.6 is 11.6 Å². The second-order valence-corrected chi connectivity index (χ2v) is 8.17. The van der Waals surface area contributed by atoms with Crippen molar-refractivity contribution in [2.75, 3.05) is 18.0 Å². The van der Waals surface area contributed by atoms with Crippen molar-refractivity contribution in [3.63, 3.8) is 0 Å². The SMILES string of the molecule is CC(C)(C)c1nc(N2CCCC2)c2ncn(Cc3cccnc3Cl)c2n1. The predicted octanol–water partition coefficient (Wildman–Crippen LogP) is 3.82. The van der Waals surface area contributed by atoms with Gasteiger partial charge in [-0.15, -0.1) is 0 Å². The molecule has 6 nitrogen and oxygen atoms in total. The molecule has 1 saturated heterocycles. The molecule has 0 aliphatic carbocycles. The molecule has 0 unspecified atom stereocenters. The molecule has 3 aromatic rings. The lowest BCUT2D eigenvalue weighted by atomic mass is 9.96. The quantitative estimate of drug-likeness (QED) is 0.656. The number of aromatic nitrogens is 5. The molecule has 0 amide bonds. The van der Waals surface area contributed by atoms with E-state index in [1.54, 1.807) is 6.20 Å². The van der Waals surface area contributed by atoms with Gasteiger partial charge in [0.15, 0.2) is 17.0 Å². The fourth-order valence-corrected chi connectivity index (χ4v) is 3.43. The zero-order chi connectivity index (χ0) is 18.3. The van der Waals surface area contributed by atoms with Crippen molar-refractivity contribution in [2.24, 2.45) is 0 Å². The van der Waals surface area contributed by atoms with Gasteiger partial charge in [-0.2, -0.15) is 0 Å². The van der Waals surface area contributed by atoms with E-state index in [0.717, 1.165) is 41.5 Å². The molecule has 0 atom stereocenters. The number of nitrogens with zero attached hydrogens (tertiary/aromatic N) is 6. The molecule has 26 heavy (non-hydrogen) atoms. The summed E-state index contributed by atoms with van der Waals surface area (Å²) in [5, 5.41) is 0.513. The maximum atomic E-state index is 6.25. The zero-order valence-corrected chi connectivity index (χ0v) is 16.2. The number of halogens is 1. The van der Waals surface area contributed by atoms with Crippen LogP contribution in [-0.2, 0) is 12.0 Å². The largest absolute Gasteiger partial charge is 0.355 e. The van der Waals surface area contributed by atoms with Gasteiger partial charge in [0.25, 0.3) is 0 Å². The topological polar surface area (TPSA) is 59.7 Å². The molecular weight excluding hydrogens is 348 g/mol. The van der Waals surface area contributed by atoms with Gasteiger partial charge >= 0.3 is 0 Å². The Hall–Kier alpha value is -2.21. The summed E-state index contributed by atoms with van der Waals surface area (Å²) in [5.41, 5.74) is 2.53.